The number of anilines is 1. The molecule has 0 unspecified atom stereocenters. The van der Waals surface area contributed by atoms with Gasteiger partial charge in [-0.05, 0) is 36.1 Å². The Morgan fingerprint density at radius 3 is 2.69 bits per heavy atom. The Hall–Kier alpha value is -4.30. The number of pyridine rings is 2. The number of hydrogen-bond donors (Lipinski definition) is 1. The van der Waals surface area contributed by atoms with Crippen molar-refractivity contribution < 1.29 is 4.39 Å². The number of aromatic amines is 1. The van der Waals surface area contributed by atoms with Crippen LogP contribution < -0.4 is 4.90 Å². The molecule has 5 rings (SSSR count). The summed E-state index contributed by atoms with van der Waals surface area (Å²) in [5.74, 6) is 0.528. The fraction of sp³-hybridized carbons (Fsp3) is 0.208. The molecule has 0 spiro atoms. The van der Waals surface area contributed by atoms with E-state index in [1.807, 2.05) is 6.07 Å². The van der Waals surface area contributed by atoms with Gasteiger partial charge in [0.15, 0.2) is 5.65 Å². The van der Waals surface area contributed by atoms with E-state index in [0.717, 1.165) is 36.3 Å². The zero-order valence-corrected chi connectivity index (χ0v) is 17.3. The summed E-state index contributed by atoms with van der Waals surface area (Å²) in [5, 5.41) is 18.7. The third-order valence-corrected chi connectivity index (χ3v) is 5.82. The van der Waals surface area contributed by atoms with E-state index < -0.39 is 5.82 Å². The molecule has 1 fully saturated rings. The van der Waals surface area contributed by atoms with Gasteiger partial charge in [-0.2, -0.15) is 10.5 Å². The normalized spacial score (nSPS) is 15.6. The Labute approximate surface area is 183 Å². The lowest BCUT2D eigenvalue weighted by Crippen LogP contribution is -2.21. The molecule has 0 bridgehead atoms. The van der Waals surface area contributed by atoms with Crippen molar-refractivity contribution in [2.75, 3.05) is 18.0 Å². The molecule has 4 heterocycles. The summed E-state index contributed by atoms with van der Waals surface area (Å²) in [5.41, 5.74) is 4.66. The predicted molar refractivity (Wildman–Crippen MR) is 118 cm³/mol. The zero-order chi connectivity index (χ0) is 22.2. The van der Waals surface area contributed by atoms with Crippen LogP contribution in [0.1, 0.15) is 24.5 Å². The smallest absolute Gasteiger partial charge is 0.179 e. The average molecular weight is 423 g/mol. The van der Waals surface area contributed by atoms with Crippen LogP contribution in [0.3, 0.4) is 0 Å². The molecular weight excluding hydrogens is 405 g/mol. The van der Waals surface area contributed by atoms with Crippen molar-refractivity contribution in [2.45, 2.75) is 13.3 Å². The number of halogens is 1. The molecule has 0 aliphatic carbocycles. The van der Waals surface area contributed by atoms with Gasteiger partial charge in [0.05, 0.1) is 22.4 Å². The van der Waals surface area contributed by atoms with E-state index in [0.29, 0.717) is 34.0 Å². The Morgan fingerprint density at radius 2 is 1.94 bits per heavy atom. The summed E-state index contributed by atoms with van der Waals surface area (Å²) in [4.78, 5) is 18.9. The molecule has 0 radical (unpaired) electrons. The third-order valence-electron chi connectivity index (χ3n) is 5.82. The Bertz CT molecular complexity index is 1430. The zero-order valence-electron chi connectivity index (χ0n) is 17.3. The molecule has 0 saturated carbocycles. The highest BCUT2D eigenvalue weighted by Gasteiger charge is 2.26. The van der Waals surface area contributed by atoms with Crippen molar-refractivity contribution in [3.05, 3.63) is 59.8 Å². The van der Waals surface area contributed by atoms with Gasteiger partial charge in [0, 0.05) is 37.2 Å². The average Bonchev–Trinajstić information content (AvgIpc) is 3.45. The fourth-order valence-corrected chi connectivity index (χ4v) is 4.23. The van der Waals surface area contributed by atoms with Crippen LogP contribution in [-0.2, 0) is 0 Å². The molecule has 0 amide bonds. The molecule has 1 aliphatic rings. The van der Waals surface area contributed by atoms with Crippen molar-refractivity contribution in [3.8, 4) is 34.7 Å². The van der Waals surface area contributed by atoms with Crippen LogP contribution in [0.2, 0.25) is 0 Å². The van der Waals surface area contributed by atoms with Gasteiger partial charge in [0.2, 0.25) is 0 Å². The van der Waals surface area contributed by atoms with E-state index in [-0.39, 0.29) is 5.56 Å². The van der Waals surface area contributed by atoms with E-state index in [1.165, 1.54) is 6.07 Å². The van der Waals surface area contributed by atoms with Gasteiger partial charge in [-0.1, -0.05) is 13.0 Å². The van der Waals surface area contributed by atoms with Crippen molar-refractivity contribution in [1.82, 2.24) is 19.9 Å². The Balaban J connectivity index is 1.75. The minimum Gasteiger partial charge on any atom is -0.370 e. The standard InChI is InChI=1S/C24H18FN7/c1-14-5-7-32(13-14)22-18(15-2-3-20(25)17(8-15)10-27)11-28-12-19(22)23-30-21-16(9-26)4-6-29-24(21)31-23/h2-4,6,8,11-12,14H,5,7,13H2,1H3,(H,29,30,31)/t14-/m1/s1. The minimum atomic E-state index is -0.552. The summed E-state index contributed by atoms with van der Waals surface area (Å²) in [6.07, 6.45) is 6.08. The van der Waals surface area contributed by atoms with E-state index in [4.69, 9.17) is 0 Å². The molecule has 32 heavy (non-hydrogen) atoms. The first-order valence-electron chi connectivity index (χ1n) is 10.3. The Kier molecular flexibility index (Phi) is 4.76. The van der Waals surface area contributed by atoms with Crippen LogP contribution in [-0.4, -0.2) is 33.0 Å². The SMILES string of the molecule is C[C@@H]1CCN(c2c(-c3ccc(F)c(C#N)c3)cncc2-c2nc3nccc(C#N)c3[nH]2)C1. The van der Waals surface area contributed by atoms with Crippen LogP contribution in [0.4, 0.5) is 10.1 Å². The number of imidazole rings is 1. The number of benzene rings is 1. The fourth-order valence-electron chi connectivity index (χ4n) is 4.23. The lowest BCUT2D eigenvalue weighted by molar-refractivity contribution is 0.624. The first kappa shape index (κ1) is 19.7. The predicted octanol–water partition coefficient (Wildman–Crippen LogP) is 4.42. The van der Waals surface area contributed by atoms with Gasteiger partial charge in [-0.3, -0.25) is 4.98 Å². The molecule has 8 heteroatoms. The number of nitrogens with zero attached hydrogens (tertiary/aromatic N) is 6. The van der Waals surface area contributed by atoms with Gasteiger partial charge in [-0.15, -0.1) is 0 Å². The maximum Gasteiger partial charge on any atom is 0.179 e. The number of hydrogen-bond acceptors (Lipinski definition) is 6. The number of nitrogens with one attached hydrogen (secondary N) is 1. The van der Waals surface area contributed by atoms with Crippen LogP contribution in [0.25, 0.3) is 33.7 Å². The summed E-state index contributed by atoms with van der Waals surface area (Å²) >= 11 is 0. The maximum absolute atomic E-state index is 14.0. The van der Waals surface area contributed by atoms with E-state index >= 15 is 0 Å². The molecular formula is C24H18FN7. The molecule has 1 atom stereocenters. The Morgan fingerprint density at radius 1 is 1.12 bits per heavy atom. The second-order valence-electron chi connectivity index (χ2n) is 7.98. The van der Waals surface area contributed by atoms with E-state index in [9.17, 15) is 14.9 Å². The van der Waals surface area contributed by atoms with Gasteiger partial charge in [0.25, 0.3) is 0 Å². The molecule has 1 N–H and O–H groups in total. The lowest BCUT2D eigenvalue weighted by atomic mass is 9.99. The van der Waals surface area contributed by atoms with Crippen LogP contribution in [0, 0.1) is 34.4 Å². The summed E-state index contributed by atoms with van der Waals surface area (Å²) in [6.45, 7) is 3.92. The number of rotatable bonds is 3. The highest BCUT2D eigenvalue weighted by molar-refractivity contribution is 5.91. The van der Waals surface area contributed by atoms with E-state index in [2.05, 4.69) is 37.8 Å². The monoisotopic (exact) mass is 423 g/mol. The number of aromatic nitrogens is 4. The molecule has 3 aromatic heterocycles. The maximum atomic E-state index is 14.0. The minimum absolute atomic E-state index is 0.0137. The molecule has 1 aliphatic heterocycles. The van der Waals surface area contributed by atoms with Crippen LogP contribution >= 0.6 is 0 Å². The van der Waals surface area contributed by atoms with Gasteiger partial charge in [-0.25, -0.2) is 14.4 Å². The largest absolute Gasteiger partial charge is 0.370 e. The molecule has 1 saturated heterocycles. The molecule has 1 aromatic carbocycles. The molecule has 156 valence electrons. The van der Waals surface area contributed by atoms with Gasteiger partial charge < -0.3 is 9.88 Å². The first-order valence-corrected chi connectivity index (χ1v) is 10.3. The van der Waals surface area contributed by atoms with E-state index in [1.54, 1.807) is 36.8 Å². The summed E-state index contributed by atoms with van der Waals surface area (Å²) in [7, 11) is 0. The summed E-state index contributed by atoms with van der Waals surface area (Å²) < 4.78 is 14.0. The van der Waals surface area contributed by atoms with Gasteiger partial charge >= 0.3 is 0 Å². The van der Waals surface area contributed by atoms with Crippen LogP contribution in [0.5, 0.6) is 0 Å². The number of fused-ring (bicyclic) bond motifs is 1. The van der Waals surface area contributed by atoms with Crippen molar-refractivity contribution in [1.29, 1.82) is 10.5 Å². The third kappa shape index (κ3) is 3.23. The molecule has 7 nitrogen and oxygen atoms in total. The lowest BCUT2D eigenvalue weighted by Gasteiger charge is -2.24. The topological polar surface area (TPSA) is 105 Å². The molecule has 4 aromatic rings. The van der Waals surface area contributed by atoms with Crippen LogP contribution in [0.15, 0.2) is 42.9 Å². The highest BCUT2D eigenvalue weighted by Crippen LogP contribution is 2.41. The second-order valence-corrected chi connectivity index (χ2v) is 7.98. The quantitative estimate of drug-likeness (QED) is 0.523. The number of H-pyrrole nitrogens is 1. The first-order chi connectivity index (χ1) is 15.6. The second kappa shape index (κ2) is 7.75. The van der Waals surface area contributed by atoms with Crippen molar-refractivity contribution in [3.63, 3.8) is 0 Å². The van der Waals surface area contributed by atoms with Crippen molar-refractivity contribution >= 4 is 16.9 Å². The van der Waals surface area contributed by atoms with Gasteiger partial charge in [0.1, 0.15) is 29.3 Å². The number of nitriles is 2. The summed E-state index contributed by atoms with van der Waals surface area (Å²) in [6, 6.07) is 10.2. The van der Waals surface area contributed by atoms with Crippen molar-refractivity contribution in [2.24, 2.45) is 5.92 Å². The highest BCUT2D eigenvalue weighted by atomic mass is 19.1.